The van der Waals surface area contributed by atoms with Crippen LogP contribution in [0, 0.1) is 6.92 Å². The Kier molecular flexibility index (Phi) is 5.43. The van der Waals surface area contributed by atoms with Crippen molar-refractivity contribution in [2.24, 2.45) is 0 Å². The SMILES string of the molecule is Cc1cc(COCCCN(C)C)oc1CNC1CC1. The summed E-state index contributed by atoms with van der Waals surface area (Å²) >= 11 is 0. The summed E-state index contributed by atoms with van der Waals surface area (Å²) < 4.78 is 11.5. The van der Waals surface area contributed by atoms with E-state index in [1.54, 1.807) is 0 Å². The van der Waals surface area contributed by atoms with Crippen LogP contribution in [0.1, 0.15) is 36.3 Å². The van der Waals surface area contributed by atoms with E-state index in [9.17, 15) is 0 Å². The molecule has 1 heterocycles. The van der Waals surface area contributed by atoms with Gasteiger partial charge in [-0.25, -0.2) is 0 Å². The van der Waals surface area contributed by atoms with E-state index in [4.69, 9.17) is 9.15 Å². The number of hydrogen-bond donors (Lipinski definition) is 1. The molecule has 1 N–H and O–H groups in total. The number of nitrogens with one attached hydrogen (secondary N) is 1. The van der Waals surface area contributed by atoms with E-state index in [-0.39, 0.29) is 0 Å². The topological polar surface area (TPSA) is 37.6 Å². The van der Waals surface area contributed by atoms with Crippen LogP contribution < -0.4 is 5.32 Å². The van der Waals surface area contributed by atoms with Gasteiger partial charge >= 0.3 is 0 Å². The standard InChI is InChI=1S/C15H26N2O2/c1-12-9-14(11-18-8-4-7-17(2)3)19-15(12)10-16-13-5-6-13/h9,13,16H,4-8,10-11H2,1-3H3. The van der Waals surface area contributed by atoms with Crippen molar-refractivity contribution < 1.29 is 9.15 Å². The molecular weight excluding hydrogens is 240 g/mol. The Bertz CT molecular complexity index is 383. The van der Waals surface area contributed by atoms with Crippen LogP contribution in [0.25, 0.3) is 0 Å². The maximum Gasteiger partial charge on any atom is 0.130 e. The van der Waals surface area contributed by atoms with Gasteiger partial charge < -0.3 is 19.4 Å². The number of aryl methyl sites for hydroxylation is 1. The zero-order valence-electron chi connectivity index (χ0n) is 12.4. The average molecular weight is 266 g/mol. The van der Waals surface area contributed by atoms with Gasteiger partial charge in [0.2, 0.25) is 0 Å². The Hall–Kier alpha value is -0.840. The van der Waals surface area contributed by atoms with Crippen molar-refractivity contribution in [3.05, 3.63) is 23.2 Å². The lowest BCUT2D eigenvalue weighted by Gasteiger charge is -2.08. The highest BCUT2D eigenvalue weighted by Gasteiger charge is 2.21. The molecule has 2 rings (SSSR count). The zero-order chi connectivity index (χ0) is 13.7. The summed E-state index contributed by atoms with van der Waals surface area (Å²) in [5, 5.41) is 3.48. The molecule has 0 spiro atoms. The summed E-state index contributed by atoms with van der Waals surface area (Å²) in [6.45, 7) is 5.37. The van der Waals surface area contributed by atoms with Crippen molar-refractivity contribution in [1.82, 2.24) is 10.2 Å². The fourth-order valence-electron chi connectivity index (χ4n) is 2.02. The number of nitrogens with zero attached hydrogens (tertiary/aromatic N) is 1. The number of hydrogen-bond acceptors (Lipinski definition) is 4. The van der Waals surface area contributed by atoms with E-state index in [1.165, 1.54) is 18.4 Å². The molecule has 19 heavy (non-hydrogen) atoms. The van der Waals surface area contributed by atoms with Crippen LogP contribution in [-0.4, -0.2) is 38.2 Å². The zero-order valence-corrected chi connectivity index (χ0v) is 12.4. The van der Waals surface area contributed by atoms with Crippen molar-refractivity contribution in [2.75, 3.05) is 27.2 Å². The molecule has 0 amide bonds. The maximum atomic E-state index is 5.82. The first-order chi connectivity index (χ1) is 9.15. The molecule has 4 nitrogen and oxygen atoms in total. The van der Waals surface area contributed by atoms with Crippen LogP contribution in [0.5, 0.6) is 0 Å². The maximum absolute atomic E-state index is 5.82. The molecule has 1 aliphatic carbocycles. The molecule has 0 radical (unpaired) electrons. The fraction of sp³-hybridized carbons (Fsp3) is 0.733. The molecule has 1 aliphatic rings. The van der Waals surface area contributed by atoms with Gasteiger partial charge in [0.05, 0.1) is 6.54 Å². The highest BCUT2D eigenvalue weighted by Crippen LogP contribution is 2.21. The Morgan fingerprint density at radius 1 is 1.42 bits per heavy atom. The third-order valence-corrected chi connectivity index (χ3v) is 3.34. The largest absolute Gasteiger partial charge is 0.462 e. The molecule has 0 bridgehead atoms. The Morgan fingerprint density at radius 2 is 2.21 bits per heavy atom. The van der Waals surface area contributed by atoms with Crippen LogP contribution in [-0.2, 0) is 17.9 Å². The average Bonchev–Trinajstić information content (AvgIpc) is 3.11. The molecule has 0 saturated heterocycles. The first kappa shape index (κ1) is 14.6. The van der Waals surface area contributed by atoms with Gasteiger partial charge in [-0.2, -0.15) is 0 Å². The minimum absolute atomic E-state index is 0.581. The van der Waals surface area contributed by atoms with Crippen LogP contribution in [0.3, 0.4) is 0 Å². The molecule has 0 atom stereocenters. The predicted octanol–water partition coefficient (Wildman–Crippen LogP) is 2.31. The number of furan rings is 1. The van der Waals surface area contributed by atoms with Crippen molar-refractivity contribution in [1.29, 1.82) is 0 Å². The first-order valence-corrected chi connectivity index (χ1v) is 7.19. The van der Waals surface area contributed by atoms with E-state index in [0.29, 0.717) is 6.61 Å². The fourth-order valence-corrected chi connectivity index (χ4v) is 2.02. The monoisotopic (exact) mass is 266 g/mol. The van der Waals surface area contributed by atoms with Crippen molar-refractivity contribution >= 4 is 0 Å². The molecule has 0 aromatic carbocycles. The lowest BCUT2D eigenvalue weighted by Crippen LogP contribution is -2.15. The molecule has 1 saturated carbocycles. The molecule has 108 valence electrons. The summed E-state index contributed by atoms with van der Waals surface area (Å²) in [6, 6.07) is 2.81. The summed E-state index contributed by atoms with van der Waals surface area (Å²) in [5.41, 5.74) is 1.22. The quantitative estimate of drug-likeness (QED) is 0.696. The molecule has 4 heteroatoms. The third kappa shape index (κ3) is 5.35. The lowest BCUT2D eigenvalue weighted by molar-refractivity contribution is 0.0984. The van der Waals surface area contributed by atoms with Gasteiger partial charge in [0.15, 0.2) is 0 Å². The van der Waals surface area contributed by atoms with Crippen LogP contribution in [0.2, 0.25) is 0 Å². The summed E-state index contributed by atoms with van der Waals surface area (Å²) in [4.78, 5) is 2.17. The molecule has 0 aliphatic heterocycles. The summed E-state index contributed by atoms with van der Waals surface area (Å²) in [6.07, 6.45) is 3.67. The van der Waals surface area contributed by atoms with Crippen molar-refractivity contribution in [3.8, 4) is 0 Å². The molecule has 0 unspecified atom stereocenters. The minimum atomic E-state index is 0.581. The molecule has 1 aromatic heterocycles. The van der Waals surface area contributed by atoms with Gasteiger partial charge in [0.1, 0.15) is 18.1 Å². The Morgan fingerprint density at radius 3 is 2.89 bits per heavy atom. The van der Waals surface area contributed by atoms with E-state index < -0.39 is 0 Å². The second-order valence-electron chi connectivity index (χ2n) is 5.68. The molecule has 1 fully saturated rings. The Labute approximate surface area is 116 Å². The molecule has 1 aromatic rings. The molecular formula is C15H26N2O2. The van der Waals surface area contributed by atoms with E-state index in [1.807, 2.05) is 0 Å². The van der Waals surface area contributed by atoms with E-state index in [0.717, 1.165) is 43.7 Å². The van der Waals surface area contributed by atoms with E-state index >= 15 is 0 Å². The van der Waals surface area contributed by atoms with Gasteiger partial charge in [-0.05, 0) is 58.5 Å². The van der Waals surface area contributed by atoms with Crippen LogP contribution in [0.15, 0.2) is 10.5 Å². The second kappa shape index (κ2) is 7.08. The highest BCUT2D eigenvalue weighted by atomic mass is 16.5. The summed E-state index contributed by atoms with van der Waals surface area (Å²) in [5.74, 6) is 1.99. The first-order valence-electron chi connectivity index (χ1n) is 7.19. The van der Waals surface area contributed by atoms with E-state index in [2.05, 4.69) is 37.3 Å². The normalized spacial score (nSPS) is 15.4. The Balaban J connectivity index is 1.66. The van der Waals surface area contributed by atoms with Crippen LogP contribution in [0.4, 0.5) is 0 Å². The number of ether oxygens (including phenoxy) is 1. The van der Waals surface area contributed by atoms with Gasteiger partial charge in [-0.1, -0.05) is 0 Å². The van der Waals surface area contributed by atoms with Gasteiger partial charge in [-0.15, -0.1) is 0 Å². The smallest absolute Gasteiger partial charge is 0.130 e. The predicted molar refractivity (Wildman–Crippen MR) is 76.1 cm³/mol. The number of rotatable bonds is 9. The van der Waals surface area contributed by atoms with Gasteiger partial charge in [0, 0.05) is 12.6 Å². The van der Waals surface area contributed by atoms with Gasteiger partial charge in [0.25, 0.3) is 0 Å². The second-order valence-corrected chi connectivity index (χ2v) is 5.68. The summed E-state index contributed by atoms with van der Waals surface area (Å²) in [7, 11) is 4.16. The van der Waals surface area contributed by atoms with Crippen molar-refractivity contribution in [2.45, 2.75) is 45.4 Å². The lowest BCUT2D eigenvalue weighted by atomic mass is 10.2. The van der Waals surface area contributed by atoms with Crippen molar-refractivity contribution in [3.63, 3.8) is 0 Å². The van der Waals surface area contributed by atoms with Gasteiger partial charge in [-0.3, -0.25) is 0 Å². The minimum Gasteiger partial charge on any atom is -0.462 e. The highest BCUT2D eigenvalue weighted by molar-refractivity contribution is 5.19. The van der Waals surface area contributed by atoms with Crippen LogP contribution >= 0.6 is 0 Å². The third-order valence-electron chi connectivity index (χ3n) is 3.34.